The molecule has 0 aliphatic heterocycles. The van der Waals surface area contributed by atoms with E-state index >= 15 is 0 Å². The fourth-order valence-electron chi connectivity index (χ4n) is 1.53. The molecule has 0 amide bonds. The van der Waals surface area contributed by atoms with Crippen LogP contribution in [0.4, 0.5) is 5.69 Å². The third kappa shape index (κ3) is 2.34. The van der Waals surface area contributed by atoms with Crippen molar-refractivity contribution in [3.05, 3.63) is 41.8 Å². The molecule has 1 aromatic carbocycles. The molecule has 0 saturated carbocycles. The maximum absolute atomic E-state index is 11.5. The van der Waals surface area contributed by atoms with Crippen LogP contribution in [0.15, 0.2) is 52.0 Å². The van der Waals surface area contributed by atoms with E-state index in [2.05, 4.69) is 10.2 Å². The van der Waals surface area contributed by atoms with Crippen LogP contribution in [0, 0.1) is 0 Å². The van der Waals surface area contributed by atoms with Gasteiger partial charge in [0.25, 0.3) is 0 Å². The number of benzene rings is 1. The zero-order valence-electron chi connectivity index (χ0n) is 8.76. The molecule has 0 radical (unpaired) electrons. The van der Waals surface area contributed by atoms with Gasteiger partial charge in [0, 0.05) is 12.8 Å². The van der Waals surface area contributed by atoms with E-state index in [0.717, 1.165) is 0 Å². The zero-order chi connectivity index (χ0) is 11.4. The molecule has 4 heteroatoms. The number of carbonyl (C=O) groups excluding carboxylic acids is 1. The van der Waals surface area contributed by atoms with Crippen molar-refractivity contribution in [3.63, 3.8) is 0 Å². The number of aliphatic hydroxyl groups is 1. The van der Waals surface area contributed by atoms with Gasteiger partial charge in [-0.3, -0.25) is 4.79 Å². The maximum atomic E-state index is 11.5. The minimum absolute atomic E-state index is 0.0518. The molecule has 0 bridgehead atoms. The second kappa shape index (κ2) is 4.70. The van der Waals surface area contributed by atoms with Gasteiger partial charge < -0.3 is 5.11 Å². The predicted octanol–water partition coefficient (Wildman–Crippen LogP) is 3.29. The Morgan fingerprint density at radius 1 is 1.06 bits per heavy atom. The summed E-state index contributed by atoms with van der Waals surface area (Å²) in [5.74, 6) is -0.0839. The number of nitrogens with zero attached hydrogens (tertiary/aromatic N) is 2. The van der Waals surface area contributed by atoms with Crippen LogP contribution in [0.25, 0.3) is 0 Å². The number of ketones is 1. The number of carbonyl (C=O) groups is 1. The number of azo groups is 1. The van der Waals surface area contributed by atoms with Crippen LogP contribution in [0.5, 0.6) is 0 Å². The Balaban J connectivity index is 2.21. The molecule has 1 aliphatic carbocycles. The fourth-order valence-corrected chi connectivity index (χ4v) is 1.53. The predicted molar refractivity (Wildman–Crippen MR) is 59.5 cm³/mol. The van der Waals surface area contributed by atoms with Crippen LogP contribution in [-0.4, -0.2) is 10.9 Å². The van der Waals surface area contributed by atoms with Crippen molar-refractivity contribution in [1.29, 1.82) is 0 Å². The van der Waals surface area contributed by atoms with Crippen LogP contribution in [0.1, 0.15) is 19.3 Å². The number of allylic oxidation sites excluding steroid dienone is 2. The topological polar surface area (TPSA) is 62.0 Å². The molecule has 1 aromatic rings. The first-order valence-electron chi connectivity index (χ1n) is 5.19. The van der Waals surface area contributed by atoms with E-state index in [-0.39, 0.29) is 17.2 Å². The normalized spacial score (nSPS) is 17.1. The summed E-state index contributed by atoms with van der Waals surface area (Å²) in [7, 11) is 0. The highest BCUT2D eigenvalue weighted by atomic mass is 16.3. The van der Waals surface area contributed by atoms with Gasteiger partial charge in [0.05, 0.1) is 5.69 Å². The lowest BCUT2D eigenvalue weighted by molar-refractivity contribution is -0.116. The highest BCUT2D eigenvalue weighted by Gasteiger charge is 2.19. The van der Waals surface area contributed by atoms with Crippen molar-refractivity contribution >= 4 is 11.5 Å². The average Bonchev–Trinajstić information content (AvgIpc) is 2.30. The average molecular weight is 216 g/mol. The third-order valence-electron chi connectivity index (χ3n) is 2.38. The molecule has 0 fully saturated rings. The number of hydrogen-bond donors (Lipinski definition) is 1. The first kappa shape index (κ1) is 10.5. The highest BCUT2D eigenvalue weighted by Crippen LogP contribution is 2.22. The lowest BCUT2D eigenvalue weighted by Crippen LogP contribution is -2.09. The SMILES string of the molecule is O=C1CCCC(O)=C1N=Nc1ccccc1. The standard InChI is InChI=1S/C12H12N2O2/c15-10-7-4-8-11(16)12(10)14-13-9-5-2-1-3-6-9/h1-3,5-6,15H,4,7-8H2. The molecule has 0 spiro atoms. The zero-order valence-corrected chi connectivity index (χ0v) is 8.76. The third-order valence-corrected chi connectivity index (χ3v) is 2.38. The van der Waals surface area contributed by atoms with Crippen LogP contribution >= 0.6 is 0 Å². The van der Waals surface area contributed by atoms with Gasteiger partial charge in [0.15, 0.2) is 11.5 Å². The van der Waals surface area contributed by atoms with Gasteiger partial charge in [0.1, 0.15) is 5.76 Å². The monoisotopic (exact) mass is 216 g/mol. The maximum Gasteiger partial charge on any atom is 0.186 e. The Bertz CT molecular complexity index is 449. The van der Waals surface area contributed by atoms with Crippen LogP contribution < -0.4 is 0 Å². The molecule has 0 aromatic heterocycles. The van der Waals surface area contributed by atoms with E-state index in [1.54, 1.807) is 12.1 Å². The van der Waals surface area contributed by atoms with Gasteiger partial charge in [-0.1, -0.05) is 18.2 Å². The first-order chi connectivity index (χ1) is 7.77. The second-order valence-electron chi connectivity index (χ2n) is 3.61. The van der Waals surface area contributed by atoms with Crippen LogP contribution in [0.3, 0.4) is 0 Å². The Hall–Kier alpha value is -1.97. The molecule has 16 heavy (non-hydrogen) atoms. The minimum atomic E-state index is -0.136. The Morgan fingerprint density at radius 2 is 1.81 bits per heavy atom. The largest absolute Gasteiger partial charge is 0.510 e. The van der Waals surface area contributed by atoms with E-state index in [9.17, 15) is 9.90 Å². The van der Waals surface area contributed by atoms with Crippen molar-refractivity contribution in [3.8, 4) is 0 Å². The van der Waals surface area contributed by atoms with E-state index in [0.29, 0.717) is 24.9 Å². The van der Waals surface area contributed by atoms with E-state index in [4.69, 9.17) is 0 Å². The van der Waals surface area contributed by atoms with Crippen molar-refractivity contribution in [2.24, 2.45) is 10.2 Å². The summed E-state index contributed by atoms with van der Waals surface area (Å²) in [5, 5.41) is 17.3. The summed E-state index contributed by atoms with van der Waals surface area (Å²) in [6.45, 7) is 0. The molecule has 0 saturated heterocycles. The van der Waals surface area contributed by atoms with Gasteiger partial charge in [-0.2, -0.15) is 5.11 Å². The molecule has 1 aliphatic rings. The van der Waals surface area contributed by atoms with Gasteiger partial charge in [-0.05, 0) is 18.6 Å². The fraction of sp³-hybridized carbons (Fsp3) is 0.250. The van der Waals surface area contributed by atoms with Crippen LogP contribution in [0.2, 0.25) is 0 Å². The quantitative estimate of drug-likeness (QED) is 0.771. The molecule has 0 heterocycles. The molecular formula is C12H12N2O2. The van der Waals surface area contributed by atoms with Gasteiger partial charge >= 0.3 is 0 Å². The van der Waals surface area contributed by atoms with Gasteiger partial charge in [-0.15, -0.1) is 5.11 Å². The Morgan fingerprint density at radius 3 is 2.50 bits per heavy atom. The van der Waals surface area contributed by atoms with Crippen molar-refractivity contribution in [1.82, 2.24) is 0 Å². The van der Waals surface area contributed by atoms with E-state index in [1.807, 2.05) is 18.2 Å². The van der Waals surface area contributed by atoms with Crippen LogP contribution in [-0.2, 0) is 4.79 Å². The number of Topliss-reactive ketones (excluding diaryl/α,β-unsaturated/α-hetero) is 1. The molecular weight excluding hydrogens is 204 g/mol. The second-order valence-corrected chi connectivity index (χ2v) is 3.61. The van der Waals surface area contributed by atoms with E-state index < -0.39 is 0 Å². The smallest absolute Gasteiger partial charge is 0.186 e. The van der Waals surface area contributed by atoms with Gasteiger partial charge in [-0.25, -0.2) is 0 Å². The number of hydrogen-bond acceptors (Lipinski definition) is 4. The molecule has 4 nitrogen and oxygen atoms in total. The Labute approximate surface area is 93.3 Å². The molecule has 82 valence electrons. The lowest BCUT2D eigenvalue weighted by Gasteiger charge is -2.09. The highest BCUT2D eigenvalue weighted by molar-refractivity contribution is 5.96. The summed E-state index contributed by atoms with van der Waals surface area (Å²) in [6.07, 6.45) is 1.64. The molecule has 1 N–H and O–H groups in total. The minimum Gasteiger partial charge on any atom is -0.510 e. The first-order valence-corrected chi connectivity index (χ1v) is 5.19. The summed E-state index contributed by atoms with van der Waals surface area (Å²) in [6, 6.07) is 9.13. The van der Waals surface area contributed by atoms with E-state index in [1.165, 1.54) is 0 Å². The summed E-state index contributed by atoms with van der Waals surface area (Å²) in [4.78, 5) is 11.5. The summed E-state index contributed by atoms with van der Waals surface area (Å²) >= 11 is 0. The summed E-state index contributed by atoms with van der Waals surface area (Å²) < 4.78 is 0. The number of aliphatic hydroxyl groups excluding tert-OH is 1. The molecule has 0 unspecified atom stereocenters. The molecule has 0 atom stereocenters. The van der Waals surface area contributed by atoms with Crippen molar-refractivity contribution < 1.29 is 9.90 Å². The lowest BCUT2D eigenvalue weighted by atomic mass is 10.0. The summed E-state index contributed by atoms with van der Waals surface area (Å²) in [5.41, 5.74) is 0.774. The van der Waals surface area contributed by atoms with Crippen molar-refractivity contribution in [2.75, 3.05) is 0 Å². The Kier molecular flexibility index (Phi) is 3.10. The number of rotatable bonds is 2. The molecule has 2 rings (SSSR count). The van der Waals surface area contributed by atoms with Crippen molar-refractivity contribution in [2.45, 2.75) is 19.3 Å². The van der Waals surface area contributed by atoms with Gasteiger partial charge in [0.2, 0.25) is 0 Å².